The number of nitrogens with zero attached hydrogens (tertiary/aromatic N) is 3. The average molecular weight is 424 g/mol. The lowest BCUT2D eigenvalue weighted by Gasteiger charge is -2.27. The van der Waals surface area contributed by atoms with Gasteiger partial charge in [-0.05, 0) is 19.1 Å². The van der Waals surface area contributed by atoms with Crippen LogP contribution in [-0.4, -0.2) is 39.7 Å². The lowest BCUT2D eigenvalue weighted by molar-refractivity contribution is -0.385. The monoisotopic (exact) mass is 424 g/mol. The molecule has 2 N–H and O–H groups in total. The molecule has 0 aromatic heterocycles. The Hall–Kier alpha value is -3.42. The van der Waals surface area contributed by atoms with Crippen LogP contribution in [0.5, 0.6) is 0 Å². The molecule has 0 heterocycles. The van der Waals surface area contributed by atoms with Crippen LogP contribution in [0.15, 0.2) is 53.4 Å². The molecule has 12 nitrogen and oxygen atoms in total. The van der Waals surface area contributed by atoms with Gasteiger partial charge in [0.05, 0.1) is 14.7 Å². The Labute approximate surface area is 164 Å². The minimum Gasteiger partial charge on any atom is -0.289 e. The summed E-state index contributed by atoms with van der Waals surface area (Å²) in [5.41, 5.74) is 0.671. The minimum absolute atomic E-state index is 0.0144. The largest absolute Gasteiger partial charge is 0.289 e. The maximum Gasteiger partial charge on any atom is 0.273 e. The Balaban J connectivity index is 2.54. The molecule has 0 aliphatic heterocycles. The lowest BCUT2D eigenvalue weighted by Crippen LogP contribution is -2.46. The van der Waals surface area contributed by atoms with Crippen LogP contribution in [0.1, 0.15) is 12.5 Å². The van der Waals surface area contributed by atoms with Gasteiger partial charge in [0, 0.05) is 30.3 Å². The molecular weight excluding hydrogens is 408 g/mol. The van der Waals surface area contributed by atoms with Crippen LogP contribution >= 0.6 is 0 Å². The number of nitro groups is 2. The summed E-state index contributed by atoms with van der Waals surface area (Å²) in [5.74, 6) is -1.06. The number of sulfonamides is 1. The molecule has 0 radical (unpaired) electrons. The average Bonchev–Trinajstić information content (AvgIpc) is 2.70. The first-order valence-electron chi connectivity index (χ1n) is 8.02. The fourth-order valence-corrected chi connectivity index (χ4v) is 4.09. The van der Waals surface area contributed by atoms with E-state index in [-0.39, 0.29) is 21.8 Å². The number of amides is 1. The van der Waals surface area contributed by atoms with Crippen molar-refractivity contribution in [2.45, 2.75) is 24.4 Å². The van der Waals surface area contributed by atoms with Gasteiger partial charge in [0.1, 0.15) is 6.04 Å². The molecule has 13 heteroatoms. The number of nitro benzene ring substituents is 2. The first kappa shape index (κ1) is 21.9. The SMILES string of the molecule is C[C@@H](C(=O)NO)N(Cc1ccccc1[N+](=O)[O-])S(=O)(=O)c1ccc([N+](=O)[O-])cc1. The van der Waals surface area contributed by atoms with Crippen molar-refractivity contribution >= 4 is 27.3 Å². The molecule has 1 atom stereocenters. The maximum atomic E-state index is 13.1. The number of carbonyl (C=O) groups excluding carboxylic acids is 1. The normalized spacial score (nSPS) is 12.4. The number of non-ortho nitro benzene ring substituents is 1. The first-order valence-corrected chi connectivity index (χ1v) is 9.46. The highest BCUT2D eigenvalue weighted by molar-refractivity contribution is 7.89. The molecule has 2 aromatic rings. The van der Waals surface area contributed by atoms with Crippen molar-refractivity contribution in [3.05, 3.63) is 74.3 Å². The highest BCUT2D eigenvalue weighted by atomic mass is 32.2. The van der Waals surface area contributed by atoms with Crippen LogP contribution in [0.25, 0.3) is 0 Å². The third-order valence-corrected chi connectivity index (χ3v) is 6.02. The number of hydroxylamine groups is 1. The van der Waals surface area contributed by atoms with Gasteiger partial charge in [-0.15, -0.1) is 0 Å². The summed E-state index contributed by atoms with van der Waals surface area (Å²) in [6.45, 7) is 0.633. The van der Waals surface area contributed by atoms with Crippen LogP contribution in [0.2, 0.25) is 0 Å². The molecule has 0 spiro atoms. The Bertz CT molecular complexity index is 1040. The Morgan fingerprint density at radius 1 is 1.10 bits per heavy atom. The molecule has 1 amide bonds. The molecule has 0 aliphatic rings. The third-order valence-electron chi connectivity index (χ3n) is 4.09. The van der Waals surface area contributed by atoms with Crippen LogP contribution in [0.3, 0.4) is 0 Å². The van der Waals surface area contributed by atoms with E-state index in [2.05, 4.69) is 0 Å². The highest BCUT2D eigenvalue weighted by Crippen LogP contribution is 2.26. The van der Waals surface area contributed by atoms with Gasteiger partial charge >= 0.3 is 0 Å². The van der Waals surface area contributed by atoms with Gasteiger partial charge in [0.2, 0.25) is 10.0 Å². The fourth-order valence-electron chi connectivity index (χ4n) is 2.52. The molecule has 0 saturated carbocycles. The van der Waals surface area contributed by atoms with Gasteiger partial charge in [-0.25, -0.2) is 13.9 Å². The molecule has 2 aromatic carbocycles. The van der Waals surface area contributed by atoms with Gasteiger partial charge in [-0.3, -0.25) is 30.2 Å². The van der Waals surface area contributed by atoms with E-state index in [0.717, 1.165) is 24.3 Å². The molecule has 0 aliphatic carbocycles. The van der Waals surface area contributed by atoms with Gasteiger partial charge in [-0.1, -0.05) is 18.2 Å². The quantitative estimate of drug-likeness (QED) is 0.365. The molecule has 0 fully saturated rings. The number of hydrogen-bond acceptors (Lipinski definition) is 8. The number of rotatable bonds is 8. The summed E-state index contributed by atoms with van der Waals surface area (Å²) < 4.78 is 26.8. The van der Waals surface area contributed by atoms with Gasteiger partial charge in [-0.2, -0.15) is 4.31 Å². The maximum absolute atomic E-state index is 13.1. The Morgan fingerprint density at radius 3 is 2.21 bits per heavy atom. The zero-order valence-electron chi connectivity index (χ0n) is 15.0. The molecule has 0 saturated heterocycles. The number of benzene rings is 2. The van der Waals surface area contributed by atoms with Crippen molar-refractivity contribution < 1.29 is 28.3 Å². The number of nitrogens with one attached hydrogen (secondary N) is 1. The van der Waals surface area contributed by atoms with Crippen LogP contribution in [0.4, 0.5) is 11.4 Å². The molecule has 0 bridgehead atoms. The second kappa shape index (κ2) is 8.72. The molecule has 29 heavy (non-hydrogen) atoms. The molecule has 2 rings (SSSR count). The Kier molecular flexibility index (Phi) is 6.58. The van der Waals surface area contributed by atoms with Crippen molar-refractivity contribution in [2.75, 3.05) is 0 Å². The van der Waals surface area contributed by atoms with E-state index in [1.54, 1.807) is 0 Å². The van der Waals surface area contributed by atoms with Crippen LogP contribution < -0.4 is 5.48 Å². The smallest absolute Gasteiger partial charge is 0.273 e. The van der Waals surface area contributed by atoms with Crippen molar-refractivity contribution in [1.82, 2.24) is 9.79 Å². The summed E-state index contributed by atoms with van der Waals surface area (Å²) in [5, 5.41) is 30.9. The Morgan fingerprint density at radius 2 is 1.69 bits per heavy atom. The molecular formula is C16H16N4O8S. The number of hydrogen-bond donors (Lipinski definition) is 2. The van der Waals surface area contributed by atoms with E-state index >= 15 is 0 Å². The van der Waals surface area contributed by atoms with Crippen LogP contribution in [0, 0.1) is 20.2 Å². The summed E-state index contributed by atoms with van der Waals surface area (Å²) in [6.07, 6.45) is 0. The first-order chi connectivity index (χ1) is 13.6. The summed E-state index contributed by atoms with van der Waals surface area (Å²) >= 11 is 0. The summed E-state index contributed by atoms with van der Waals surface area (Å²) in [6, 6.07) is 7.88. The predicted molar refractivity (Wildman–Crippen MR) is 98.3 cm³/mol. The second-order valence-electron chi connectivity index (χ2n) is 5.84. The van der Waals surface area contributed by atoms with E-state index in [1.165, 1.54) is 36.7 Å². The molecule has 154 valence electrons. The summed E-state index contributed by atoms with van der Waals surface area (Å²) in [4.78, 5) is 32.1. The van der Waals surface area contributed by atoms with Crippen molar-refractivity contribution in [3.8, 4) is 0 Å². The van der Waals surface area contributed by atoms with Crippen molar-refractivity contribution in [2.24, 2.45) is 0 Å². The zero-order chi connectivity index (χ0) is 21.8. The predicted octanol–water partition coefficient (Wildman–Crippen LogP) is 1.59. The van der Waals surface area contributed by atoms with E-state index in [0.29, 0.717) is 4.31 Å². The van der Waals surface area contributed by atoms with E-state index in [1.807, 2.05) is 0 Å². The minimum atomic E-state index is -4.42. The standard InChI is InChI=1S/C16H16N4O8S/c1-11(16(21)17-22)18(10-12-4-2-3-5-15(12)20(25)26)29(27,28)14-8-6-13(7-9-14)19(23)24/h2-9,11,22H,10H2,1H3,(H,17,21)/t11-/m0/s1. The van der Waals surface area contributed by atoms with E-state index in [4.69, 9.17) is 5.21 Å². The van der Waals surface area contributed by atoms with Crippen molar-refractivity contribution in [3.63, 3.8) is 0 Å². The van der Waals surface area contributed by atoms with E-state index < -0.39 is 38.4 Å². The van der Waals surface area contributed by atoms with Crippen LogP contribution in [-0.2, 0) is 21.4 Å². The van der Waals surface area contributed by atoms with Gasteiger partial charge in [0.25, 0.3) is 17.3 Å². The summed E-state index contributed by atoms with van der Waals surface area (Å²) in [7, 11) is -4.42. The zero-order valence-corrected chi connectivity index (χ0v) is 15.8. The second-order valence-corrected chi connectivity index (χ2v) is 7.73. The third kappa shape index (κ3) is 4.71. The van der Waals surface area contributed by atoms with E-state index in [9.17, 15) is 33.4 Å². The highest BCUT2D eigenvalue weighted by Gasteiger charge is 2.34. The number of para-hydroxylation sites is 1. The van der Waals surface area contributed by atoms with Gasteiger partial charge in [0.15, 0.2) is 0 Å². The fraction of sp³-hybridized carbons (Fsp3) is 0.188. The van der Waals surface area contributed by atoms with Gasteiger partial charge < -0.3 is 0 Å². The lowest BCUT2D eigenvalue weighted by atomic mass is 10.1. The number of carbonyl (C=O) groups is 1. The van der Waals surface area contributed by atoms with Crippen molar-refractivity contribution in [1.29, 1.82) is 0 Å². The topological polar surface area (TPSA) is 173 Å². The molecule has 0 unspecified atom stereocenters.